The number of carbonyl (C=O) groups excluding carboxylic acids is 1. The molecule has 7 heteroatoms. The maximum atomic E-state index is 11.8. The molecule has 1 amide bonds. The molecule has 1 aromatic carbocycles. The first kappa shape index (κ1) is 18.8. The molecule has 0 spiro atoms. The number of ether oxygens (including phenoxy) is 1. The summed E-state index contributed by atoms with van der Waals surface area (Å²) in [5.74, 6) is 1.87. The van der Waals surface area contributed by atoms with E-state index in [0.29, 0.717) is 50.8 Å². The van der Waals surface area contributed by atoms with Crippen LogP contribution < -0.4 is 5.32 Å². The minimum Gasteiger partial charge on any atom is -0.467 e. The summed E-state index contributed by atoms with van der Waals surface area (Å²) in [5.41, 5.74) is 0.892. The summed E-state index contributed by atoms with van der Waals surface area (Å²) in [6.45, 7) is 1.62. The monoisotopic (exact) mass is 369 g/mol. The van der Waals surface area contributed by atoms with E-state index in [1.54, 1.807) is 6.26 Å². The summed E-state index contributed by atoms with van der Waals surface area (Å²) in [5, 5.41) is 11.0. The van der Waals surface area contributed by atoms with Gasteiger partial charge in [0.05, 0.1) is 6.26 Å². The Hall–Kier alpha value is -2.93. The quantitative estimate of drug-likeness (QED) is 0.521. The lowest BCUT2D eigenvalue weighted by Crippen LogP contribution is -2.25. The molecule has 0 radical (unpaired) electrons. The van der Waals surface area contributed by atoms with E-state index in [1.165, 1.54) is 0 Å². The largest absolute Gasteiger partial charge is 0.467 e. The fraction of sp³-hybridized carbons (Fsp3) is 0.350. The molecule has 3 rings (SSSR count). The van der Waals surface area contributed by atoms with E-state index in [2.05, 4.69) is 15.5 Å². The van der Waals surface area contributed by atoms with Crippen molar-refractivity contribution in [1.29, 1.82) is 0 Å². The Balaban J connectivity index is 1.25. The number of rotatable bonds is 11. The smallest absolute Gasteiger partial charge is 0.247 e. The molecule has 0 saturated carbocycles. The lowest BCUT2D eigenvalue weighted by Gasteiger charge is -2.05. The fourth-order valence-corrected chi connectivity index (χ4v) is 2.51. The summed E-state index contributed by atoms with van der Waals surface area (Å²) in [6.07, 6.45) is 4.05. The van der Waals surface area contributed by atoms with Gasteiger partial charge >= 0.3 is 0 Å². The van der Waals surface area contributed by atoms with Crippen LogP contribution in [0, 0.1) is 0 Å². The molecule has 2 heterocycles. The van der Waals surface area contributed by atoms with Gasteiger partial charge in [-0.3, -0.25) is 4.79 Å². The van der Waals surface area contributed by atoms with Gasteiger partial charge in [-0.2, -0.15) is 0 Å². The first-order valence-corrected chi connectivity index (χ1v) is 9.06. The zero-order chi connectivity index (χ0) is 18.7. The SMILES string of the molecule is O=C(CCCc1nnc(-c2ccccc2)o1)NCCCOCc1ccco1. The second-order valence-corrected chi connectivity index (χ2v) is 6.06. The van der Waals surface area contributed by atoms with Crippen molar-refractivity contribution in [2.45, 2.75) is 32.3 Å². The summed E-state index contributed by atoms with van der Waals surface area (Å²) < 4.78 is 16.3. The second kappa shape index (κ2) is 10.3. The van der Waals surface area contributed by atoms with Crippen LogP contribution in [0.15, 0.2) is 57.6 Å². The van der Waals surface area contributed by atoms with Gasteiger partial charge in [0.1, 0.15) is 12.4 Å². The highest BCUT2D eigenvalue weighted by Crippen LogP contribution is 2.17. The van der Waals surface area contributed by atoms with E-state index < -0.39 is 0 Å². The molecular formula is C20H23N3O4. The fourth-order valence-electron chi connectivity index (χ4n) is 2.51. The van der Waals surface area contributed by atoms with Gasteiger partial charge in [0.25, 0.3) is 0 Å². The van der Waals surface area contributed by atoms with Crippen LogP contribution in [0.4, 0.5) is 0 Å². The van der Waals surface area contributed by atoms with Crippen molar-refractivity contribution in [2.75, 3.05) is 13.2 Å². The molecule has 0 aliphatic heterocycles. The lowest BCUT2D eigenvalue weighted by molar-refractivity contribution is -0.121. The third-order valence-corrected chi connectivity index (χ3v) is 3.89. The molecule has 0 aliphatic rings. The maximum absolute atomic E-state index is 11.8. The van der Waals surface area contributed by atoms with Crippen molar-refractivity contribution < 1.29 is 18.4 Å². The molecule has 27 heavy (non-hydrogen) atoms. The van der Waals surface area contributed by atoms with Crippen molar-refractivity contribution >= 4 is 5.91 Å². The van der Waals surface area contributed by atoms with Crippen LogP contribution in [0.3, 0.4) is 0 Å². The van der Waals surface area contributed by atoms with E-state index in [0.717, 1.165) is 17.7 Å². The van der Waals surface area contributed by atoms with Gasteiger partial charge in [-0.25, -0.2) is 0 Å². The van der Waals surface area contributed by atoms with Gasteiger partial charge < -0.3 is 18.9 Å². The van der Waals surface area contributed by atoms with E-state index in [4.69, 9.17) is 13.6 Å². The highest BCUT2D eigenvalue weighted by Gasteiger charge is 2.09. The average molecular weight is 369 g/mol. The Labute approximate surface area is 157 Å². The van der Waals surface area contributed by atoms with Crippen molar-refractivity contribution in [2.24, 2.45) is 0 Å². The van der Waals surface area contributed by atoms with Crippen LogP contribution >= 0.6 is 0 Å². The summed E-state index contributed by atoms with van der Waals surface area (Å²) >= 11 is 0. The van der Waals surface area contributed by atoms with Crippen LogP contribution in [0.2, 0.25) is 0 Å². The minimum atomic E-state index is 0.0174. The topological polar surface area (TPSA) is 90.4 Å². The molecule has 0 unspecified atom stereocenters. The van der Waals surface area contributed by atoms with Crippen molar-refractivity contribution in [1.82, 2.24) is 15.5 Å². The zero-order valence-electron chi connectivity index (χ0n) is 15.1. The Morgan fingerprint density at radius 3 is 2.78 bits per heavy atom. The minimum absolute atomic E-state index is 0.0174. The normalized spacial score (nSPS) is 10.8. The van der Waals surface area contributed by atoms with Crippen LogP contribution in [0.25, 0.3) is 11.5 Å². The maximum Gasteiger partial charge on any atom is 0.247 e. The third kappa shape index (κ3) is 6.38. The van der Waals surface area contributed by atoms with Crippen LogP contribution in [-0.4, -0.2) is 29.3 Å². The molecular weight excluding hydrogens is 346 g/mol. The molecule has 2 aromatic heterocycles. The van der Waals surface area contributed by atoms with Crippen molar-refractivity contribution in [3.63, 3.8) is 0 Å². The Bertz CT molecular complexity index is 800. The number of benzene rings is 1. The van der Waals surface area contributed by atoms with E-state index in [1.807, 2.05) is 42.5 Å². The number of furan rings is 1. The number of aromatic nitrogens is 2. The second-order valence-electron chi connectivity index (χ2n) is 6.06. The highest BCUT2D eigenvalue weighted by atomic mass is 16.5. The van der Waals surface area contributed by atoms with Gasteiger partial charge in [-0.05, 0) is 37.1 Å². The van der Waals surface area contributed by atoms with Gasteiger partial charge in [0.15, 0.2) is 0 Å². The summed E-state index contributed by atoms with van der Waals surface area (Å²) in [6, 6.07) is 13.3. The first-order valence-electron chi connectivity index (χ1n) is 9.06. The Kier molecular flexibility index (Phi) is 7.17. The predicted molar refractivity (Wildman–Crippen MR) is 98.7 cm³/mol. The molecule has 0 saturated heterocycles. The molecule has 7 nitrogen and oxygen atoms in total. The van der Waals surface area contributed by atoms with E-state index in [-0.39, 0.29) is 5.91 Å². The van der Waals surface area contributed by atoms with E-state index in [9.17, 15) is 4.79 Å². The van der Waals surface area contributed by atoms with E-state index >= 15 is 0 Å². The Morgan fingerprint density at radius 2 is 1.96 bits per heavy atom. The summed E-state index contributed by atoms with van der Waals surface area (Å²) in [4.78, 5) is 11.8. The van der Waals surface area contributed by atoms with Crippen molar-refractivity contribution in [3.8, 4) is 11.5 Å². The lowest BCUT2D eigenvalue weighted by atomic mass is 10.2. The summed E-state index contributed by atoms with van der Waals surface area (Å²) in [7, 11) is 0. The Morgan fingerprint density at radius 1 is 1.07 bits per heavy atom. The number of nitrogens with zero attached hydrogens (tertiary/aromatic N) is 2. The van der Waals surface area contributed by atoms with Crippen LogP contribution in [-0.2, 0) is 22.6 Å². The average Bonchev–Trinajstić information content (AvgIpc) is 3.37. The number of amides is 1. The first-order chi connectivity index (χ1) is 13.3. The molecule has 142 valence electrons. The standard InChI is InChI=1S/C20H23N3O4/c24-18(21-12-6-13-25-15-17-9-5-14-26-17)10-4-11-19-22-23-20(27-19)16-7-2-1-3-8-16/h1-3,5,7-9,14H,4,6,10-13,15H2,(H,21,24). The molecule has 0 bridgehead atoms. The van der Waals surface area contributed by atoms with Gasteiger partial charge in [0.2, 0.25) is 17.7 Å². The zero-order valence-corrected chi connectivity index (χ0v) is 15.1. The van der Waals surface area contributed by atoms with Crippen LogP contribution in [0.5, 0.6) is 0 Å². The molecule has 0 aliphatic carbocycles. The number of hydrogen-bond donors (Lipinski definition) is 1. The van der Waals surface area contributed by atoms with Gasteiger partial charge in [-0.15, -0.1) is 10.2 Å². The molecule has 0 atom stereocenters. The number of hydrogen-bond acceptors (Lipinski definition) is 6. The number of aryl methyl sites for hydroxylation is 1. The van der Waals surface area contributed by atoms with Gasteiger partial charge in [-0.1, -0.05) is 18.2 Å². The molecule has 3 aromatic rings. The molecule has 0 fully saturated rings. The van der Waals surface area contributed by atoms with Gasteiger partial charge in [0, 0.05) is 31.6 Å². The molecule has 1 N–H and O–H groups in total. The predicted octanol–water partition coefficient (Wildman–Crippen LogP) is 3.38. The third-order valence-electron chi connectivity index (χ3n) is 3.89. The van der Waals surface area contributed by atoms with Crippen LogP contribution in [0.1, 0.15) is 30.9 Å². The number of nitrogens with one attached hydrogen (secondary N) is 1. The highest BCUT2D eigenvalue weighted by molar-refractivity contribution is 5.75. The van der Waals surface area contributed by atoms with Crippen molar-refractivity contribution in [3.05, 3.63) is 60.4 Å². The number of carbonyl (C=O) groups is 1.